The molecule has 0 saturated heterocycles. The summed E-state index contributed by atoms with van der Waals surface area (Å²) in [6, 6.07) is 79.5. The van der Waals surface area contributed by atoms with Crippen molar-refractivity contribution in [2.45, 2.75) is 0 Å². The van der Waals surface area contributed by atoms with Gasteiger partial charge in [-0.1, -0.05) is 164 Å². The smallest absolute Gasteiger partial charge is 0.164 e. The topological polar surface area (TPSA) is 48.5 Å². The van der Waals surface area contributed by atoms with Crippen molar-refractivity contribution in [3.63, 3.8) is 0 Å². The van der Waals surface area contributed by atoms with Crippen LogP contribution >= 0.6 is 0 Å². The molecule has 5 heteroatoms. The Morgan fingerprint density at radius 3 is 1.24 bits per heavy atom. The lowest BCUT2D eigenvalue weighted by atomic mass is 9.98. The molecule has 0 saturated carbocycles. The van der Waals surface area contributed by atoms with Gasteiger partial charge in [-0.05, 0) is 82.9 Å². The van der Waals surface area contributed by atoms with Gasteiger partial charge in [-0.3, -0.25) is 0 Å². The molecule has 62 heavy (non-hydrogen) atoms. The fraction of sp³-hybridized carbons (Fsp3) is 0. The summed E-state index contributed by atoms with van der Waals surface area (Å²) in [4.78, 5) is 15.1. The van der Waals surface area contributed by atoms with E-state index in [1.165, 1.54) is 49.3 Å². The highest BCUT2D eigenvalue weighted by atomic mass is 15.0. The largest absolute Gasteiger partial charge is 0.309 e. The third kappa shape index (κ3) is 6.06. The molecule has 12 aromatic rings. The number of nitrogens with zero attached hydrogens (tertiary/aromatic N) is 5. The van der Waals surface area contributed by atoms with Crippen LogP contribution in [0.4, 0.5) is 0 Å². The van der Waals surface area contributed by atoms with Crippen LogP contribution < -0.4 is 0 Å². The summed E-state index contributed by atoms with van der Waals surface area (Å²) in [5.74, 6) is 1.89. The maximum atomic E-state index is 5.08. The van der Waals surface area contributed by atoms with Crippen molar-refractivity contribution in [3.8, 4) is 67.8 Å². The van der Waals surface area contributed by atoms with Crippen LogP contribution in [0.5, 0.6) is 0 Å². The second-order valence-corrected chi connectivity index (χ2v) is 15.7. The van der Waals surface area contributed by atoms with Gasteiger partial charge in [-0.15, -0.1) is 0 Å². The van der Waals surface area contributed by atoms with Crippen LogP contribution in [0.15, 0.2) is 224 Å². The summed E-state index contributed by atoms with van der Waals surface area (Å²) in [5.41, 5.74) is 14.3. The zero-order valence-corrected chi connectivity index (χ0v) is 33.6. The maximum Gasteiger partial charge on any atom is 0.164 e. The highest BCUT2D eigenvalue weighted by molar-refractivity contribution is 6.13. The fourth-order valence-corrected chi connectivity index (χ4v) is 9.04. The van der Waals surface area contributed by atoms with Crippen LogP contribution in [0.1, 0.15) is 0 Å². The average molecular weight is 792 g/mol. The maximum absolute atomic E-state index is 5.08. The van der Waals surface area contributed by atoms with Crippen molar-refractivity contribution in [1.82, 2.24) is 24.1 Å². The minimum absolute atomic E-state index is 0.620. The van der Waals surface area contributed by atoms with Crippen LogP contribution in [-0.2, 0) is 0 Å². The molecule has 3 heterocycles. The summed E-state index contributed by atoms with van der Waals surface area (Å²) in [7, 11) is 0. The van der Waals surface area contributed by atoms with E-state index < -0.39 is 0 Å². The zero-order chi connectivity index (χ0) is 41.0. The normalized spacial score (nSPS) is 11.5. The van der Waals surface area contributed by atoms with Gasteiger partial charge in [-0.25, -0.2) is 15.0 Å². The van der Waals surface area contributed by atoms with Gasteiger partial charge in [0.2, 0.25) is 0 Å². The Morgan fingerprint density at radius 1 is 0.226 bits per heavy atom. The monoisotopic (exact) mass is 791 g/mol. The predicted octanol–water partition coefficient (Wildman–Crippen LogP) is 14.4. The molecule has 0 aliphatic heterocycles. The molecule has 290 valence electrons. The predicted molar refractivity (Wildman–Crippen MR) is 256 cm³/mol. The number of aromatic nitrogens is 5. The second-order valence-electron chi connectivity index (χ2n) is 15.7. The van der Waals surface area contributed by atoms with E-state index in [1.54, 1.807) is 0 Å². The third-order valence-corrected chi connectivity index (χ3v) is 12.0. The van der Waals surface area contributed by atoms with Crippen molar-refractivity contribution in [2.75, 3.05) is 0 Å². The lowest BCUT2D eigenvalue weighted by molar-refractivity contribution is 1.07. The molecule has 0 spiro atoms. The van der Waals surface area contributed by atoms with E-state index >= 15 is 0 Å². The summed E-state index contributed by atoms with van der Waals surface area (Å²) >= 11 is 0. The number of benzene rings is 9. The molecule has 0 amide bonds. The molecule has 0 aliphatic rings. The first-order chi connectivity index (χ1) is 30.7. The number of para-hydroxylation sites is 2. The first-order valence-electron chi connectivity index (χ1n) is 20.9. The second kappa shape index (κ2) is 14.7. The molecular weight excluding hydrogens is 755 g/mol. The van der Waals surface area contributed by atoms with Crippen LogP contribution in [0.25, 0.3) is 111 Å². The molecule has 0 atom stereocenters. The molecule has 3 aromatic heterocycles. The van der Waals surface area contributed by atoms with E-state index in [-0.39, 0.29) is 0 Å². The number of hydrogen-bond acceptors (Lipinski definition) is 3. The first kappa shape index (κ1) is 35.5. The molecule has 12 rings (SSSR count). The Bertz CT molecular complexity index is 3510. The molecule has 0 radical (unpaired) electrons. The highest BCUT2D eigenvalue weighted by Gasteiger charge is 2.19. The molecule has 0 fully saturated rings. The van der Waals surface area contributed by atoms with Crippen molar-refractivity contribution in [1.29, 1.82) is 0 Å². The van der Waals surface area contributed by atoms with Crippen molar-refractivity contribution < 1.29 is 0 Å². The van der Waals surface area contributed by atoms with Crippen LogP contribution in [0, 0.1) is 0 Å². The Kier molecular flexibility index (Phi) is 8.42. The Hall–Kier alpha value is -8.41. The summed E-state index contributed by atoms with van der Waals surface area (Å²) < 4.78 is 4.78. The van der Waals surface area contributed by atoms with Gasteiger partial charge in [-0.2, -0.15) is 0 Å². The Labute approximate surface area is 358 Å². The summed E-state index contributed by atoms with van der Waals surface area (Å²) in [6.45, 7) is 0. The minimum atomic E-state index is 0.620. The van der Waals surface area contributed by atoms with Crippen LogP contribution in [-0.4, -0.2) is 24.1 Å². The zero-order valence-electron chi connectivity index (χ0n) is 33.6. The fourth-order valence-electron chi connectivity index (χ4n) is 9.04. The van der Waals surface area contributed by atoms with Crippen molar-refractivity contribution >= 4 is 43.6 Å². The molecule has 9 aromatic carbocycles. The molecule has 5 nitrogen and oxygen atoms in total. The third-order valence-electron chi connectivity index (χ3n) is 12.0. The lowest BCUT2D eigenvalue weighted by Crippen LogP contribution is -2.01. The average Bonchev–Trinajstić information content (AvgIpc) is 3.87. The van der Waals surface area contributed by atoms with E-state index in [2.05, 4.69) is 173 Å². The standard InChI is InChI=1S/C57H37N5/c1-4-16-38(17-5-1)41-22-14-23-42(34-41)43-30-32-53-49(36-43)50-37-46(62-51-28-12-10-26-47(51)48-27-11-13-29-52(48)62)31-33-54(50)61(53)45-25-15-24-44(35-45)57-59-55(39-18-6-2-7-19-39)58-56(60-57)40-20-8-3-9-21-40/h1-37H. The van der Waals surface area contributed by atoms with Crippen molar-refractivity contribution in [3.05, 3.63) is 224 Å². The van der Waals surface area contributed by atoms with E-state index in [4.69, 9.17) is 15.0 Å². The molecule has 0 aliphatic carbocycles. The Morgan fingerprint density at radius 2 is 0.629 bits per heavy atom. The minimum Gasteiger partial charge on any atom is -0.309 e. The van der Waals surface area contributed by atoms with E-state index in [9.17, 15) is 0 Å². The molecule has 0 N–H and O–H groups in total. The Balaban J connectivity index is 1.07. The van der Waals surface area contributed by atoms with E-state index in [0.717, 1.165) is 44.7 Å². The summed E-state index contributed by atoms with van der Waals surface area (Å²) in [5, 5.41) is 4.83. The van der Waals surface area contributed by atoms with Gasteiger partial charge in [0.15, 0.2) is 17.5 Å². The van der Waals surface area contributed by atoms with Gasteiger partial charge in [0, 0.05) is 49.6 Å². The summed E-state index contributed by atoms with van der Waals surface area (Å²) in [6.07, 6.45) is 0. The molecule has 0 unspecified atom stereocenters. The van der Waals surface area contributed by atoms with Gasteiger partial charge in [0.05, 0.1) is 22.1 Å². The molecular formula is C57H37N5. The number of hydrogen-bond donors (Lipinski definition) is 0. The van der Waals surface area contributed by atoms with Gasteiger partial charge >= 0.3 is 0 Å². The van der Waals surface area contributed by atoms with Crippen molar-refractivity contribution in [2.24, 2.45) is 0 Å². The van der Waals surface area contributed by atoms with Gasteiger partial charge in [0.1, 0.15) is 0 Å². The highest BCUT2D eigenvalue weighted by Crippen LogP contribution is 2.39. The number of rotatable bonds is 7. The lowest BCUT2D eigenvalue weighted by Gasteiger charge is -2.12. The van der Waals surface area contributed by atoms with Gasteiger partial charge in [0.25, 0.3) is 0 Å². The first-order valence-corrected chi connectivity index (χ1v) is 20.9. The van der Waals surface area contributed by atoms with Crippen LogP contribution in [0.3, 0.4) is 0 Å². The molecule has 0 bridgehead atoms. The number of fused-ring (bicyclic) bond motifs is 6. The van der Waals surface area contributed by atoms with E-state index in [0.29, 0.717) is 17.5 Å². The quantitative estimate of drug-likeness (QED) is 0.162. The SMILES string of the molecule is c1ccc(-c2cccc(-c3ccc4c(c3)c3cc(-n5c6ccccc6c6ccccc65)ccc3n4-c3cccc(-c4nc(-c5ccccc5)nc(-c5ccccc5)n4)c3)c2)cc1. The van der Waals surface area contributed by atoms with Crippen LogP contribution in [0.2, 0.25) is 0 Å². The van der Waals surface area contributed by atoms with E-state index in [1.807, 2.05) is 60.7 Å². The van der Waals surface area contributed by atoms with Gasteiger partial charge < -0.3 is 9.13 Å².